The van der Waals surface area contributed by atoms with Crippen LogP contribution < -0.4 is 0 Å². The molecule has 3 aliphatic rings. The third-order valence-electron chi connectivity index (χ3n) is 5.38. The summed E-state index contributed by atoms with van der Waals surface area (Å²) in [6, 6.07) is 0.293. The van der Waals surface area contributed by atoms with E-state index in [-0.39, 0.29) is 18.2 Å². The average Bonchev–Trinajstić information content (AvgIpc) is 2.95. The summed E-state index contributed by atoms with van der Waals surface area (Å²) in [6.07, 6.45) is 4.47. The highest BCUT2D eigenvalue weighted by Crippen LogP contribution is 2.34. The number of morpholine rings is 1. The van der Waals surface area contributed by atoms with Crippen LogP contribution in [0.25, 0.3) is 0 Å². The minimum absolute atomic E-state index is 0.0719. The highest BCUT2D eigenvalue weighted by molar-refractivity contribution is 5.77. The van der Waals surface area contributed by atoms with Crippen LogP contribution in [0.2, 0.25) is 0 Å². The Balaban J connectivity index is 1.62. The fourth-order valence-electron chi connectivity index (χ4n) is 3.75. The van der Waals surface area contributed by atoms with Crippen LogP contribution in [0, 0.1) is 5.41 Å². The number of piperidine rings is 1. The number of fused-ring (bicyclic) bond motifs is 1. The van der Waals surface area contributed by atoms with Crippen LogP contribution in [0.3, 0.4) is 0 Å². The predicted octanol–water partition coefficient (Wildman–Crippen LogP) is 1.55. The zero-order valence-electron chi connectivity index (χ0n) is 12.6. The molecule has 0 spiro atoms. The van der Waals surface area contributed by atoms with Gasteiger partial charge in [0, 0.05) is 19.6 Å². The van der Waals surface area contributed by atoms with E-state index in [9.17, 15) is 14.7 Å². The Morgan fingerprint density at radius 2 is 1.90 bits per heavy atom. The van der Waals surface area contributed by atoms with Gasteiger partial charge in [0.15, 0.2) is 0 Å². The molecule has 0 bridgehead atoms. The first kappa shape index (κ1) is 14.6. The van der Waals surface area contributed by atoms with Gasteiger partial charge in [-0.15, -0.1) is 0 Å². The molecule has 0 aromatic rings. The van der Waals surface area contributed by atoms with Gasteiger partial charge >= 0.3 is 12.0 Å². The summed E-state index contributed by atoms with van der Waals surface area (Å²) in [7, 11) is 0. The molecule has 2 amide bonds. The highest BCUT2D eigenvalue weighted by atomic mass is 16.5. The topological polar surface area (TPSA) is 70.1 Å². The second-order valence-electron chi connectivity index (χ2n) is 6.74. The molecule has 2 unspecified atom stereocenters. The first-order valence-corrected chi connectivity index (χ1v) is 7.92. The minimum atomic E-state index is -0.753. The Bertz CT molecular complexity index is 431. The van der Waals surface area contributed by atoms with Crippen molar-refractivity contribution in [2.45, 2.75) is 51.2 Å². The fourth-order valence-corrected chi connectivity index (χ4v) is 3.75. The predicted molar refractivity (Wildman–Crippen MR) is 76.0 cm³/mol. The maximum absolute atomic E-state index is 12.7. The number of rotatable bonds is 1. The number of amides is 2. The lowest BCUT2D eigenvalue weighted by Crippen LogP contribution is -2.57. The lowest BCUT2D eigenvalue weighted by molar-refractivity contribution is -0.150. The fraction of sp³-hybridized carbons (Fsp3) is 0.867. The van der Waals surface area contributed by atoms with Crippen LogP contribution in [0.5, 0.6) is 0 Å². The highest BCUT2D eigenvalue weighted by Gasteiger charge is 2.43. The van der Waals surface area contributed by atoms with Gasteiger partial charge in [-0.1, -0.05) is 0 Å². The number of carboxylic acid groups (broad SMARTS) is 1. The molecule has 6 heteroatoms. The van der Waals surface area contributed by atoms with Crippen molar-refractivity contribution in [3.63, 3.8) is 0 Å². The molecule has 2 saturated heterocycles. The Kier molecular flexibility index (Phi) is 3.82. The monoisotopic (exact) mass is 296 g/mol. The van der Waals surface area contributed by atoms with E-state index in [1.54, 1.807) is 6.92 Å². The molecule has 118 valence electrons. The number of nitrogens with zero attached hydrogens (tertiary/aromatic N) is 2. The molecule has 2 heterocycles. The number of ether oxygens (including phenoxy) is 1. The van der Waals surface area contributed by atoms with Gasteiger partial charge in [-0.3, -0.25) is 4.79 Å². The number of hydrogen-bond donors (Lipinski definition) is 1. The van der Waals surface area contributed by atoms with Gasteiger partial charge in [0.25, 0.3) is 0 Å². The molecule has 1 aliphatic carbocycles. The molecule has 2 atom stereocenters. The maximum atomic E-state index is 12.7. The van der Waals surface area contributed by atoms with Crippen LogP contribution in [-0.2, 0) is 9.53 Å². The molecule has 6 nitrogen and oxygen atoms in total. The van der Waals surface area contributed by atoms with Gasteiger partial charge in [-0.2, -0.15) is 0 Å². The number of urea groups is 1. The van der Waals surface area contributed by atoms with E-state index in [0.29, 0.717) is 39.1 Å². The van der Waals surface area contributed by atoms with E-state index < -0.39 is 11.4 Å². The van der Waals surface area contributed by atoms with Crippen molar-refractivity contribution >= 4 is 12.0 Å². The summed E-state index contributed by atoms with van der Waals surface area (Å²) >= 11 is 0. The largest absolute Gasteiger partial charge is 0.481 e. The average molecular weight is 296 g/mol. The summed E-state index contributed by atoms with van der Waals surface area (Å²) in [5, 5.41) is 9.26. The second-order valence-corrected chi connectivity index (χ2v) is 6.74. The summed E-state index contributed by atoms with van der Waals surface area (Å²) in [5.41, 5.74) is -0.683. The van der Waals surface area contributed by atoms with Crippen LogP contribution >= 0.6 is 0 Å². The van der Waals surface area contributed by atoms with Gasteiger partial charge < -0.3 is 19.6 Å². The van der Waals surface area contributed by atoms with E-state index in [1.807, 2.05) is 9.80 Å². The Morgan fingerprint density at radius 1 is 1.19 bits per heavy atom. The zero-order valence-corrected chi connectivity index (χ0v) is 12.6. The molecule has 0 aromatic heterocycles. The maximum Gasteiger partial charge on any atom is 0.320 e. The molecule has 3 fully saturated rings. The number of aliphatic carboxylic acids is 1. The third kappa shape index (κ3) is 2.61. The Hall–Kier alpha value is -1.30. The van der Waals surface area contributed by atoms with E-state index in [0.717, 1.165) is 19.3 Å². The van der Waals surface area contributed by atoms with Gasteiger partial charge in [0.05, 0.1) is 24.2 Å². The lowest BCUT2D eigenvalue weighted by Gasteiger charge is -2.43. The van der Waals surface area contributed by atoms with Crippen molar-refractivity contribution in [3.05, 3.63) is 0 Å². The van der Waals surface area contributed by atoms with E-state index in [2.05, 4.69) is 0 Å². The van der Waals surface area contributed by atoms with Crippen molar-refractivity contribution in [3.8, 4) is 0 Å². The first-order chi connectivity index (χ1) is 10.0. The first-order valence-electron chi connectivity index (χ1n) is 7.92. The van der Waals surface area contributed by atoms with Crippen molar-refractivity contribution in [2.75, 3.05) is 26.2 Å². The summed E-state index contributed by atoms with van der Waals surface area (Å²) in [6.45, 7) is 4.13. The third-order valence-corrected chi connectivity index (χ3v) is 5.38. The molecular formula is C15H24N2O4. The summed E-state index contributed by atoms with van der Waals surface area (Å²) in [5.74, 6) is -0.753. The number of carbonyl (C=O) groups is 2. The van der Waals surface area contributed by atoms with E-state index in [1.165, 1.54) is 0 Å². The van der Waals surface area contributed by atoms with Crippen molar-refractivity contribution in [1.29, 1.82) is 0 Å². The number of carbonyl (C=O) groups excluding carboxylic acids is 1. The SMILES string of the molecule is CC1(C(=O)O)CCN(C(=O)N2CCOC3CCCC32)CC1. The number of carboxylic acids is 1. The normalized spacial score (nSPS) is 31.9. The molecule has 1 saturated carbocycles. The Morgan fingerprint density at radius 3 is 2.57 bits per heavy atom. The smallest absolute Gasteiger partial charge is 0.320 e. The number of likely N-dealkylation sites (tertiary alicyclic amines) is 1. The van der Waals surface area contributed by atoms with Crippen molar-refractivity contribution in [2.24, 2.45) is 5.41 Å². The van der Waals surface area contributed by atoms with Gasteiger partial charge in [-0.25, -0.2) is 4.79 Å². The van der Waals surface area contributed by atoms with Crippen LogP contribution in [0.15, 0.2) is 0 Å². The zero-order chi connectivity index (χ0) is 15.0. The molecule has 2 aliphatic heterocycles. The van der Waals surface area contributed by atoms with Gasteiger partial charge in [0.2, 0.25) is 0 Å². The standard InChI is InChI=1S/C15H24N2O4/c1-15(13(18)19)5-7-16(8-6-15)14(20)17-9-10-21-12-4-2-3-11(12)17/h11-12H,2-10H2,1H3,(H,18,19). The van der Waals surface area contributed by atoms with Crippen molar-refractivity contribution in [1.82, 2.24) is 9.80 Å². The summed E-state index contributed by atoms with van der Waals surface area (Å²) < 4.78 is 5.74. The molecule has 1 N–H and O–H groups in total. The second kappa shape index (κ2) is 5.48. The Labute approximate surface area is 125 Å². The van der Waals surface area contributed by atoms with Crippen LogP contribution in [-0.4, -0.2) is 65.3 Å². The molecule has 0 radical (unpaired) electrons. The summed E-state index contributed by atoms with van der Waals surface area (Å²) in [4.78, 5) is 27.8. The quantitative estimate of drug-likeness (QED) is 0.797. The van der Waals surface area contributed by atoms with Crippen molar-refractivity contribution < 1.29 is 19.4 Å². The molecular weight excluding hydrogens is 272 g/mol. The number of hydrogen-bond acceptors (Lipinski definition) is 3. The van der Waals surface area contributed by atoms with Gasteiger partial charge in [-0.05, 0) is 39.0 Å². The molecule has 0 aromatic carbocycles. The minimum Gasteiger partial charge on any atom is -0.481 e. The van der Waals surface area contributed by atoms with E-state index in [4.69, 9.17) is 4.74 Å². The molecule has 21 heavy (non-hydrogen) atoms. The van der Waals surface area contributed by atoms with Crippen LogP contribution in [0.4, 0.5) is 4.79 Å². The van der Waals surface area contributed by atoms with Gasteiger partial charge in [0.1, 0.15) is 0 Å². The van der Waals surface area contributed by atoms with Crippen LogP contribution in [0.1, 0.15) is 39.0 Å². The van der Waals surface area contributed by atoms with E-state index >= 15 is 0 Å². The molecule has 3 rings (SSSR count). The lowest BCUT2D eigenvalue weighted by atomic mass is 9.80.